The number of nitrogens with zero attached hydrogens (tertiary/aromatic N) is 1. The molecular weight excluding hydrogens is 382 g/mol. The standard InChI is InChI=1S/C24H39NO5/c1-8-9-12-28-22(27)20-18(10-11-19(26)29-24(5,6)7)25-30-21(20)17-13-16(14-17)15-23(2,3)4/h16-17H,8-15H2,1-7H3/t16-,17+. The van der Waals surface area contributed by atoms with Gasteiger partial charge < -0.3 is 14.0 Å². The Kier molecular flexibility index (Phi) is 8.12. The lowest BCUT2D eigenvalue weighted by Gasteiger charge is -2.37. The monoisotopic (exact) mass is 421 g/mol. The SMILES string of the molecule is CCCCOC(=O)c1c(CCC(=O)OC(C)(C)C)noc1[C@H]1C[C@@H](CC(C)(C)C)C1. The summed E-state index contributed by atoms with van der Waals surface area (Å²) in [5.74, 6) is 0.744. The quantitative estimate of drug-likeness (QED) is 0.368. The van der Waals surface area contributed by atoms with Crippen molar-refractivity contribution in [2.45, 2.75) is 105 Å². The Bertz CT molecular complexity index is 717. The number of rotatable bonds is 9. The van der Waals surface area contributed by atoms with Gasteiger partial charge in [-0.25, -0.2) is 4.79 Å². The van der Waals surface area contributed by atoms with Crippen LogP contribution in [0.15, 0.2) is 4.52 Å². The third-order valence-electron chi connectivity index (χ3n) is 5.22. The fraction of sp³-hybridized carbons (Fsp3) is 0.792. The van der Waals surface area contributed by atoms with Crippen molar-refractivity contribution in [1.82, 2.24) is 5.16 Å². The zero-order valence-electron chi connectivity index (χ0n) is 19.8. The van der Waals surface area contributed by atoms with Gasteiger partial charge in [-0.3, -0.25) is 4.79 Å². The molecule has 1 saturated carbocycles. The third kappa shape index (κ3) is 7.44. The molecule has 0 spiro atoms. The highest BCUT2D eigenvalue weighted by molar-refractivity contribution is 5.92. The van der Waals surface area contributed by atoms with Crippen LogP contribution in [0.2, 0.25) is 0 Å². The van der Waals surface area contributed by atoms with E-state index in [1.165, 1.54) is 0 Å². The first-order chi connectivity index (χ1) is 13.9. The van der Waals surface area contributed by atoms with Crippen molar-refractivity contribution in [2.24, 2.45) is 11.3 Å². The van der Waals surface area contributed by atoms with E-state index in [4.69, 9.17) is 14.0 Å². The molecule has 0 saturated heterocycles. The molecule has 6 nitrogen and oxygen atoms in total. The van der Waals surface area contributed by atoms with Gasteiger partial charge in [0.05, 0.1) is 18.7 Å². The smallest absolute Gasteiger partial charge is 0.343 e. The van der Waals surface area contributed by atoms with Gasteiger partial charge in [0.25, 0.3) is 0 Å². The molecule has 2 rings (SSSR count). The molecule has 0 amide bonds. The van der Waals surface area contributed by atoms with Gasteiger partial charge in [0.15, 0.2) is 5.76 Å². The summed E-state index contributed by atoms with van der Waals surface area (Å²) < 4.78 is 16.5. The molecule has 1 aliphatic rings. The maximum absolute atomic E-state index is 12.8. The zero-order valence-corrected chi connectivity index (χ0v) is 19.8. The average molecular weight is 422 g/mol. The topological polar surface area (TPSA) is 78.6 Å². The van der Waals surface area contributed by atoms with Crippen LogP contribution < -0.4 is 0 Å². The fourth-order valence-corrected chi connectivity index (χ4v) is 3.98. The Hall–Kier alpha value is -1.85. The van der Waals surface area contributed by atoms with Crippen molar-refractivity contribution in [1.29, 1.82) is 0 Å². The number of hydrogen-bond acceptors (Lipinski definition) is 6. The molecule has 1 aliphatic carbocycles. The van der Waals surface area contributed by atoms with Crippen LogP contribution >= 0.6 is 0 Å². The maximum atomic E-state index is 12.8. The van der Waals surface area contributed by atoms with Crippen LogP contribution in [0.3, 0.4) is 0 Å². The Balaban J connectivity index is 2.10. The summed E-state index contributed by atoms with van der Waals surface area (Å²) in [7, 11) is 0. The predicted octanol–water partition coefficient (Wildman–Crippen LogP) is 5.84. The lowest BCUT2D eigenvalue weighted by Crippen LogP contribution is -2.27. The van der Waals surface area contributed by atoms with Gasteiger partial charge in [-0.15, -0.1) is 0 Å². The lowest BCUT2D eigenvalue weighted by molar-refractivity contribution is -0.154. The fourth-order valence-electron chi connectivity index (χ4n) is 3.98. The van der Waals surface area contributed by atoms with Gasteiger partial charge in [-0.05, 0) is 57.8 Å². The number of aryl methyl sites for hydroxylation is 1. The Morgan fingerprint density at radius 1 is 1.13 bits per heavy atom. The summed E-state index contributed by atoms with van der Waals surface area (Å²) >= 11 is 0. The molecule has 0 aliphatic heterocycles. The summed E-state index contributed by atoms with van der Waals surface area (Å²) in [6, 6.07) is 0. The van der Waals surface area contributed by atoms with Crippen molar-refractivity contribution >= 4 is 11.9 Å². The molecule has 0 atom stereocenters. The van der Waals surface area contributed by atoms with Gasteiger partial charge in [-0.2, -0.15) is 0 Å². The van der Waals surface area contributed by atoms with Gasteiger partial charge in [0.2, 0.25) is 0 Å². The largest absolute Gasteiger partial charge is 0.462 e. The number of esters is 2. The van der Waals surface area contributed by atoms with Crippen LogP contribution in [-0.4, -0.2) is 29.3 Å². The van der Waals surface area contributed by atoms with Crippen LogP contribution in [0.4, 0.5) is 0 Å². The van der Waals surface area contributed by atoms with E-state index in [1.807, 2.05) is 20.8 Å². The van der Waals surface area contributed by atoms with Crippen molar-refractivity contribution in [3.05, 3.63) is 17.0 Å². The Morgan fingerprint density at radius 3 is 2.37 bits per heavy atom. The van der Waals surface area contributed by atoms with Crippen molar-refractivity contribution in [2.75, 3.05) is 6.61 Å². The highest BCUT2D eigenvalue weighted by Crippen LogP contribution is 2.48. The molecule has 0 bridgehead atoms. The molecule has 30 heavy (non-hydrogen) atoms. The molecule has 1 fully saturated rings. The molecule has 0 radical (unpaired) electrons. The molecule has 1 heterocycles. The lowest BCUT2D eigenvalue weighted by atomic mass is 9.67. The minimum Gasteiger partial charge on any atom is -0.462 e. The summed E-state index contributed by atoms with van der Waals surface area (Å²) in [6.45, 7) is 14.7. The van der Waals surface area contributed by atoms with Crippen molar-refractivity contribution < 1.29 is 23.6 Å². The van der Waals surface area contributed by atoms with Crippen LogP contribution in [-0.2, 0) is 20.7 Å². The second-order valence-corrected chi connectivity index (χ2v) is 10.7. The van der Waals surface area contributed by atoms with E-state index in [9.17, 15) is 9.59 Å². The van der Waals surface area contributed by atoms with Crippen LogP contribution in [0.25, 0.3) is 0 Å². The van der Waals surface area contributed by atoms with Gasteiger partial charge in [0, 0.05) is 12.3 Å². The summed E-state index contributed by atoms with van der Waals surface area (Å²) in [6.07, 6.45) is 5.35. The number of carbonyl (C=O) groups excluding carboxylic acids is 2. The number of carbonyl (C=O) groups is 2. The van der Waals surface area contributed by atoms with Crippen LogP contribution in [0.5, 0.6) is 0 Å². The van der Waals surface area contributed by atoms with E-state index in [0.717, 1.165) is 32.1 Å². The van der Waals surface area contributed by atoms with Crippen molar-refractivity contribution in [3.63, 3.8) is 0 Å². The number of unbranched alkanes of at least 4 members (excludes halogenated alkanes) is 1. The minimum absolute atomic E-state index is 0.149. The molecular formula is C24H39NO5. The predicted molar refractivity (Wildman–Crippen MR) is 115 cm³/mol. The minimum atomic E-state index is -0.540. The molecule has 170 valence electrons. The van der Waals surface area contributed by atoms with E-state index in [-0.39, 0.29) is 23.7 Å². The maximum Gasteiger partial charge on any atom is 0.343 e. The van der Waals surface area contributed by atoms with Crippen molar-refractivity contribution in [3.8, 4) is 0 Å². The van der Waals surface area contributed by atoms with Crippen LogP contribution in [0, 0.1) is 11.3 Å². The van der Waals surface area contributed by atoms with Gasteiger partial charge in [-0.1, -0.05) is 39.3 Å². The average Bonchev–Trinajstić information content (AvgIpc) is 2.97. The van der Waals surface area contributed by atoms with E-state index in [2.05, 4.69) is 32.9 Å². The van der Waals surface area contributed by atoms with Crippen LogP contribution in [0.1, 0.15) is 115 Å². The third-order valence-corrected chi connectivity index (χ3v) is 5.22. The summed E-state index contributed by atoms with van der Waals surface area (Å²) in [4.78, 5) is 24.9. The Labute approximate surface area is 181 Å². The summed E-state index contributed by atoms with van der Waals surface area (Å²) in [5.41, 5.74) is 0.671. The number of ether oxygens (including phenoxy) is 2. The first-order valence-corrected chi connectivity index (χ1v) is 11.3. The van der Waals surface area contributed by atoms with E-state index < -0.39 is 11.6 Å². The normalized spacial score (nSPS) is 19.3. The molecule has 0 N–H and O–H groups in total. The molecule has 1 aromatic heterocycles. The first kappa shape index (κ1) is 24.4. The van der Waals surface area contributed by atoms with E-state index in [1.54, 1.807) is 0 Å². The Morgan fingerprint density at radius 2 is 1.80 bits per heavy atom. The van der Waals surface area contributed by atoms with E-state index >= 15 is 0 Å². The number of hydrogen-bond donors (Lipinski definition) is 0. The molecule has 1 aromatic rings. The zero-order chi connectivity index (χ0) is 22.5. The molecule has 0 unspecified atom stereocenters. The van der Waals surface area contributed by atoms with Gasteiger partial charge in [0.1, 0.15) is 11.2 Å². The molecule has 6 heteroatoms. The second kappa shape index (κ2) is 9.97. The highest BCUT2D eigenvalue weighted by atomic mass is 16.6. The summed E-state index contributed by atoms with van der Waals surface area (Å²) in [5, 5.41) is 4.15. The van der Waals surface area contributed by atoms with Gasteiger partial charge >= 0.3 is 11.9 Å². The highest BCUT2D eigenvalue weighted by Gasteiger charge is 2.39. The number of aromatic nitrogens is 1. The first-order valence-electron chi connectivity index (χ1n) is 11.3. The second-order valence-electron chi connectivity index (χ2n) is 10.7. The van der Waals surface area contributed by atoms with E-state index in [0.29, 0.717) is 36.0 Å². The molecule has 0 aromatic carbocycles.